The van der Waals surface area contributed by atoms with Gasteiger partial charge in [-0.05, 0) is 66.7 Å². The van der Waals surface area contributed by atoms with Crippen LogP contribution in [0.2, 0.25) is 5.02 Å². The molecule has 0 saturated carbocycles. The summed E-state index contributed by atoms with van der Waals surface area (Å²) in [7, 11) is -4.23. The summed E-state index contributed by atoms with van der Waals surface area (Å²) < 4.78 is 34.0. The number of nitriles is 1. The van der Waals surface area contributed by atoms with E-state index in [4.69, 9.17) is 16.3 Å². The molecule has 2 aromatic heterocycles. The SMILES string of the molecule is N#C/C(=C\c1c(Oc2ccc(Br)cc2)nc2ccccn2c1=O)S(=O)(=O)c1ccc(Cl)cc1. The molecule has 0 radical (unpaired) electrons. The number of benzene rings is 2. The molecule has 2 heterocycles. The highest BCUT2D eigenvalue weighted by atomic mass is 79.9. The van der Waals surface area contributed by atoms with Gasteiger partial charge in [0.15, 0.2) is 0 Å². The van der Waals surface area contributed by atoms with Crippen LogP contribution in [0.1, 0.15) is 5.56 Å². The molecule has 0 aliphatic rings. The van der Waals surface area contributed by atoms with Crippen molar-refractivity contribution < 1.29 is 13.2 Å². The average Bonchev–Trinajstić information content (AvgIpc) is 2.80. The zero-order valence-corrected chi connectivity index (χ0v) is 19.8. The zero-order chi connectivity index (χ0) is 23.6. The van der Waals surface area contributed by atoms with E-state index < -0.39 is 20.3 Å². The van der Waals surface area contributed by atoms with Crippen LogP contribution in [0.15, 0.2) is 92.0 Å². The van der Waals surface area contributed by atoms with Gasteiger partial charge in [-0.15, -0.1) is 0 Å². The number of halogens is 2. The predicted molar refractivity (Wildman–Crippen MR) is 128 cm³/mol. The van der Waals surface area contributed by atoms with E-state index in [1.807, 2.05) is 0 Å². The van der Waals surface area contributed by atoms with Gasteiger partial charge in [0.25, 0.3) is 5.56 Å². The number of pyridine rings is 1. The number of nitrogens with zero attached hydrogens (tertiary/aromatic N) is 3. The average molecular weight is 543 g/mol. The summed E-state index contributed by atoms with van der Waals surface area (Å²) in [5.41, 5.74) is -0.478. The zero-order valence-electron chi connectivity index (χ0n) is 16.6. The molecule has 10 heteroatoms. The molecule has 0 unspecified atom stereocenters. The third kappa shape index (κ3) is 4.68. The van der Waals surface area contributed by atoms with Crippen molar-refractivity contribution in [3.63, 3.8) is 0 Å². The van der Waals surface area contributed by atoms with E-state index in [-0.39, 0.29) is 16.3 Å². The Hall–Kier alpha value is -3.45. The standard InChI is InChI=1S/C23H13BrClN3O4S/c24-15-4-8-17(9-5-15)32-22-20(23(29)28-12-2-1-3-21(28)27-22)13-19(14-26)33(30,31)18-10-6-16(25)7-11-18/h1-13H/b19-13+. The normalized spacial score (nSPS) is 11.8. The fourth-order valence-electron chi connectivity index (χ4n) is 2.94. The van der Waals surface area contributed by atoms with Crippen LogP contribution < -0.4 is 10.3 Å². The summed E-state index contributed by atoms with van der Waals surface area (Å²) in [5.74, 6) is 0.242. The predicted octanol–water partition coefficient (Wildman–Crippen LogP) is 5.24. The molecule has 164 valence electrons. The van der Waals surface area contributed by atoms with Crippen molar-refractivity contribution in [1.82, 2.24) is 9.38 Å². The summed E-state index contributed by atoms with van der Waals surface area (Å²) >= 11 is 9.18. The van der Waals surface area contributed by atoms with Crippen LogP contribution >= 0.6 is 27.5 Å². The second kappa shape index (κ2) is 9.19. The van der Waals surface area contributed by atoms with Crippen molar-refractivity contribution in [2.24, 2.45) is 0 Å². The Kier molecular flexibility index (Phi) is 6.33. The third-order valence-corrected chi connectivity index (χ3v) is 7.02. The Bertz CT molecular complexity index is 1590. The quantitative estimate of drug-likeness (QED) is 0.320. The number of ether oxygens (including phenoxy) is 1. The van der Waals surface area contributed by atoms with Gasteiger partial charge in [-0.3, -0.25) is 9.20 Å². The van der Waals surface area contributed by atoms with E-state index in [2.05, 4.69) is 20.9 Å². The molecule has 0 amide bonds. The maximum Gasteiger partial charge on any atom is 0.269 e. The van der Waals surface area contributed by atoms with Gasteiger partial charge < -0.3 is 4.74 Å². The van der Waals surface area contributed by atoms with Gasteiger partial charge in [0.05, 0.1) is 4.90 Å². The fourth-order valence-corrected chi connectivity index (χ4v) is 4.47. The van der Waals surface area contributed by atoms with E-state index in [0.717, 1.165) is 10.5 Å². The Morgan fingerprint density at radius 3 is 2.45 bits per heavy atom. The topological polar surface area (TPSA) is 102 Å². The monoisotopic (exact) mass is 541 g/mol. The number of fused-ring (bicyclic) bond motifs is 1. The van der Waals surface area contributed by atoms with E-state index in [9.17, 15) is 18.5 Å². The maximum absolute atomic E-state index is 13.2. The highest BCUT2D eigenvalue weighted by Crippen LogP contribution is 2.28. The Morgan fingerprint density at radius 2 is 1.79 bits per heavy atom. The molecule has 0 aliphatic carbocycles. The second-order valence-corrected chi connectivity index (χ2v) is 9.97. The molecule has 0 spiro atoms. The molecule has 0 saturated heterocycles. The van der Waals surface area contributed by atoms with Gasteiger partial charge in [-0.25, -0.2) is 8.42 Å². The third-order valence-electron chi connectivity index (χ3n) is 4.56. The Labute approximate surface area is 202 Å². The van der Waals surface area contributed by atoms with Crippen molar-refractivity contribution in [1.29, 1.82) is 5.26 Å². The van der Waals surface area contributed by atoms with Crippen LogP contribution in [0, 0.1) is 11.3 Å². The lowest BCUT2D eigenvalue weighted by molar-refractivity contribution is 0.461. The van der Waals surface area contributed by atoms with Crippen LogP contribution in [0.3, 0.4) is 0 Å². The van der Waals surface area contributed by atoms with E-state index in [1.54, 1.807) is 48.5 Å². The van der Waals surface area contributed by atoms with Gasteiger partial charge in [0.1, 0.15) is 27.9 Å². The number of hydrogen-bond donors (Lipinski definition) is 0. The van der Waals surface area contributed by atoms with Gasteiger partial charge in [-0.2, -0.15) is 10.2 Å². The molecule has 33 heavy (non-hydrogen) atoms. The largest absolute Gasteiger partial charge is 0.438 e. The van der Waals surface area contributed by atoms with Gasteiger partial charge in [0, 0.05) is 15.7 Å². The first kappa shape index (κ1) is 22.7. The number of rotatable bonds is 5. The highest BCUT2D eigenvalue weighted by molar-refractivity contribution is 9.10. The van der Waals surface area contributed by atoms with Gasteiger partial charge in [0.2, 0.25) is 15.7 Å². The molecule has 2 aromatic carbocycles. The number of sulfone groups is 1. The molecule has 0 bridgehead atoms. The Morgan fingerprint density at radius 1 is 1.09 bits per heavy atom. The first-order valence-electron chi connectivity index (χ1n) is 9.37. The minimum Gasteiger partial charge on any atom is -0.438 e. The van der Waals surface area contributed by atoms with Crippen molar-refractivity contribution in [3.05, 3.63) is 103 Å². The fraction of sp³-hybridized carbons (Fsp3) is 0. The highest BCUT2D eigenvalue weighted by Gasteiger charge is 2.23. The molecule has 4 rings (SSSR count). The minimum absolute atomic E-state index is 0.132. The number of hydrogen-bond acceptors (Lipinski definition) is 6. The maximum atomic E-state index is 13.2. The molecule has 0 fully saturated rings. The first-order valence-corrected chi connectivity index (χ1v) is 12.0. The van der Waals surface area contributed by atoms with Crippen molar-refractivity contribution in [2.75, 3.05) is 0 Å². The second-order valence-electron chi connectivity index (χ2n) is 6.70. The van der Waals surface area contributed by atoms with Crippen LogP contribution in [-0.4, -0.2) is 17.8 Å². The lowest BCUT2D eigenvalue weighted by Gasteiger charge is -2.10. The molecular weight excluding hydrogens is 530 g/mol. The summed E-state index contributed by atoms with van der Waals surface area (Å²) in [5, 5.41) is 10.0. The summed E-state index contributed by atoms with van der Waals surface area (Å²) in [6.45, 7) is 0. The summed E-state index contributed by atoms with van der Waals surface area (Å²) in [6, 6.07) is 18.8. The molecule has 0 aliphatic heterocycles. The number of allylic oxidation sites excluding steroid dienone is 1. The molecule has 7 nitrogen and oxygen atoms in total. The molecule has 0 N–H and O–H groups in total. The minimum atomic E-state index is -4.23. The number of aromatic nitrogens is 2. The smallest absolute Gasteiger partial charge is 0.269 e. The van der Waals surface area contributed by atoms with E-state index in [0.29, 0.717) is 16.4 Å². The summed E-state index contributed by atoms with van der Waals surface area (Å²) in [6.07, 6.45) is 2.47. The van der Waals surface area contributed by atoms with Gasteiger partial charge in [-0.1, -0.05) is 33.6 Å². The Balaban J connectivity index is 1.92. The molecular formula is C23H13BrClN3O4S. The summed E-state index contributed by atoms with van der Waals surface area (Å²) in [4.78, 5) is 16.8. The lowest BCUT2D eigenvalue weighted by Crippen LogP contribution is -2.19. The van der Waals surface area contributed by atoms with Crippen LogP contribution in [-0.2, 0) is 9.84 Å². The van der Waals surface area contributed by atoms with Crippen molar-refractivity contribution >= 4 is 49.1 Å². The van der Waals surface area contributed by atoms with Crippen LogP contribution in [0.25, 0.3) is 11.7 Å². The van der Waals surface area contributed by atoms with Crippen LogP contribution in [0.4, 0.5) is 0 Å². The van der Waals surface area contributed by atoms with E-state index >= 15 is 0 Å². The van der Waals surface area contributed by atoms with Gasteiger partial charge >= 0.3 is 0 Å². The van der Waals surface area contributed by atoms with E-state index in [1.165, 1.54) is 34.9 Å². The van der Waals surface area contributed by atoms with Crippen LogP contribution in [0.5, 0.6) is 11.6 Å². The first-order chi connectivity index (χ1) is 15.8. The lowest BCUT2D eigenvalue weighted by atomic mass is 10.2. The van der Waals surface area contributed by atoms with Crippen molar-refractivity contribution in [2.45, 2.75) is 4.90 Å². The van der Waals surface area contributed by atoms with Crippen molar-refractivity contribution in [3.8, 4) is 17.7 Å². The molecule has 0 atom stereocenters. The molecule has 4 aromatic rings.